The molecule has 2 heterocycles. The first-order valence-electron chi connectivity index (χ1n) is 13.1. The molecular formula is C29H31ClF3N5O4S. The number of anilines is 1. The fourth-order valence-corrected chi connectivity index (χ4v) is 5.57. The van der Waals surface area contributed by atoms with Crippen LogP contribution >= 0.6 is 22.9 Å². The summed E-state index contributed by atoms with van der Waals surface area (Å²) in [4.78, 5) is 19.6. The Hall–Kier alpha value is -3.68. The van der Waals surface area contributed by atoms with Gasteiger partial charge >= 0.3 is 12.3 Å². The van der Waals surface area contributed by atoms with E-state index in [1.165, 1.54) is 24.1 Å². The minimum Gasteiger partial charge on any atom is -0.492 e. The molecule has 43 heavy (non-hydrogen) atoms. The first kappa shape index (κ1) is 32.2. The van der Waals surface area contributed by atoms with Crippen molar-refractivity contribution >= 4 is 46.0 Å². The number of hydrogen-bond acceptors (Lipinski definition) is 9. The molecule has 14 heteroatoms. The molecule has 0 spiro atoms. The highest BCUT2D eigenvalue weighted by molar-refractivity contribution is 7.17. The van der Waals surface area contributed by atoms with Crippen molar-refractivity contribution in [3.05, 3.63) is 73.6 Å². The van der Waals surface area contributed by atoms with Gasteiger partial charge in [0, 0.05) is 37.6 Å². The minimum absolute atomic E-state index is 0.0284. The number of alkyl halides is 3. The Morgan fingerprint density at radius 1 is 1.12 bits per heavy atom. The molecule has 230 valence electrons. The number of likely N-dealkylation sites (N-methyl/N-ethyl adjacent to an activating group) is 2. The molecule has 0 saturated heterocycles. The molecule has 1 aromatic heterocycles. The van der Waals surface area contributed by atoms with Crippen LogP contribution in [0.4, 0.5) is 23.1 Å². The number of ether oxygens (including phenoxy) is 1. The van der Waals surface area contributed by atoms with E-state index in [1.807, 2.05) is 0 Å². The molecule has 2 aromatic carbocycles. The summed E-state index contributed by atoms with van der Waals surface area (Å²) < 4.78 is 47.2. The summed E-state index contributed by atoms with van der Waals surface area (Å²) in [6, 6.07) is 8.73. The molecule has 1 unspecified atom stereocenters. The zero-order valence-corrected chi connectivity index (χ0v) is 25.7. The lowest BCUT2D eigenvalue weighted by molar-refractivity contribution is -0.138. The second-order valence-corrected chi connectivity index (χ2v) is 12.5. The Kier molecular flexibility index (Phi) is 9.38. The van der Waals surface area contributed by atoms with Crippen molar-refractivity contribution in [1.29, 1.82) is 0 Å². The van der Waals surface area contributed by atoms with E-state index in [4.69, 9.17) is 16.3 Å². The number of hydrogen-bond donors (Lipinski definition) is 2. The summed E-state index contributed by atoms with van der Waals surface area (Å²) in [7, 11) is 3.15. The SMILES string of the molecule is CN(CC(O)CN(C)c1nc(O)c(C(Cc2ccc(Cl)cc2C(F)(F)F)=c2ccc3c(c2)C=NN=3)s1)C(=O)OC(C)(C)C. The van der Waals surface area contributed by atoms with Gasteiger partial charge in [-0.25, -0.2) is 4.79 Å². The standard InChI is InChI=1S/C29H31ClF3N5O4S/c1-28(2,3)42-27(41)38(5)15-20(39)14-37(4)26-35-25(40)24(43-26)21(16-7-9-23-18(10-16)13-34-36-23)11-17-6-8-19(30)12-22(17)29(31,32)33/h6-10,12-13,20,39-40H,11,14-15H2,1-5H3. The van der Waals surface area contributed by atoms with Gasteiger partial charge in [-0.3, -0.25) is 0 Å². The maximum Gasteiger partial charge on any atom is 0.416 e. The zero-order valence-electron chi connectivity index (χ0n) is 24.1. The second-order valence-electron chi connectivity index (χ2n) is 11.1. The molecule has 2 N–H and O–H groups in total. The van der Waals surface area contributed by atoms with Crippen LogP contribution in [0.5, 0.6) is 5.88 Å². The predicted molar refractivity (Wildman–Crippen MR) is 159 cm³/mol. The van der Waals surface area contributed by atoms with Crippen molar-refractivity contribution in [2.75, 3.05) is 32.1 Å². The number of nitrogens with zero attached hydrogens (tertiary/aromatic N) is 5. The zero-order chi connectivity index (χ0) is 31.7. The lowest BCUT2D eigenvalue weighted by Crippen LogP contribution is -2.42. The third kappa shape index (κ3) is 8.03. The maximum atomic E-state index is 14.0. The summed E-state index contributed by atoms with van der Waals surface area (Å²) in [5.74, 6) is -0.372. The summed E-state index contributed by atoms with van der Waals surface area (Å²) in [5.41, 5.74) is -0.525. The molecule has 1 aliphatic heterocycles. The van der Waals surface area contributed by atoms with E-state index in [0.29, 0.717) is 26.8 Å². The van der Waals surface area contributed by atoms with Crippen molar-refractivity contribution < 1.29 is 32.9 Å². The average molecular weight is 638 g/mol. The van der Waals surface area contributed by atoms with Gasteiger partial charge in [0.1, 0.15) is 5.60 Å². The third-order valence-electron chi connectivity index (χ3n) is 6.36. The van der Waals surface area contributed by atoms with Gasteiger partial charge in [0.25, 0.3) is 0 Å². The van der Waals surface area contributed by atoms with Crippen LogP contribution in [0, 0.1) is 0 Å². The highest BCUT2D eigenvalue weighted by atomic mass is 35.5. The van der Waals surface area contributed by atoms with Gasteiger partial charge < -0.3 is 24.7 Å². The molecule has 1 aliphatic rings. The summed E-state index contributed by atoms with van der Waals surface area (Å²) in [6.45, 7) is 5.23. The first-order chi connectivity index (χ1) is 20.0. The number of aromatic hydroxyl groups is 1. The van der Waals surface area contributed by atoms with Crippen LogP contribution in [0.15, 0.2) is 46.6 Å². The van der Waals surface area contributed by atoms with Gasteiger partial charge in [-0.15, -0.1) is 0 Å². The maximum absolute atomic E-state index is 14.0. The van der Waals surface area contributed by atoms with Crippen molar-refractivity contribution in [3.63, 3.8) is 0 Å². The lowest BCUT2D eigenvalue weighted by Gasteiger charge is -2.27. The van der Waals surface area contributed by atoms with Gasteiger partial charge in [0.15, 0.2) is 5.13 Å². The molecule has 9 nitrogen and oxygen atoms in total. The molecule has 0 fully saturated rings. The smallest absolute Gasteiger partial charge is 0.416 e. The summed E-state index contributed by atoms with van der Waals surface area (Å²) >= 11 is 6.97. The minimum atomic E-state index is -4.65. The largest absolute Gasteiger partial charge is 0.492 e. The van der Waals surface area contributed by atoms with Gasteiger partial charge in [-0.2, -0.15) is 28.4 Å². The quantitative estimate of drug-likeness (QED) is 0.374. The molecule has 1 amide bonds. The number of fused-ring (bicyclic) bond motifs is 1. The number of carbonyl (C=O) groups excluding carboxylic acids is 1. The summed E-state index contributed by atoms with van der Waals surface area (Å²) in [6.07, 6.45) is -4.89. The Morgan fingerprint density at radius 3 is 2.51 bits per heavy atom. The van der Waals surface area contributed by atoms with Crippen molar-refractivity contribution in [1.82, 2.24) is 9.88 Å². The van der Waals surface area contributed by atoms with E-state index in [1.54, 1.807) is 57.1 Å². The van der Waals surface area contributed by atoms with Gasteiger partial charge in [-0.1, -0.05) is 35.1 Å². The molecule has 0 bridgehead atoms. The topological polar surface area (TPSA) is 111 Å². The van der Waals surface area contributed by atoms with E-state index in [9.17, 15) is 28.2 Å². The third-order valence-corrected chi connectivity index (χ3v) is 7.81. The van der Waals surface area contributed by atoms with Crippen molar-refractivity contribution in [2.24, 2.45) is 10.2 Å². The van der Waals surface area contributed by atoms with Gasteiger partial charge in [0.2, 0.25) is 5.88 Å². The average Bonchev–Trinajstić information content (AvgIpc) is 3.52. The molecule has 0 saturated carbocycles. The number of rotatable bonds is 8. The van der Waals surface area contributed by atoms with Crippen LogP contribution in [0.3, 0.4) is 0 Å². The number of aliphatic hydroxyl groups excluding tert-OH is 1. The molecule has 0 aliphatic carbocycles. The van der Waals surface area contributed by atoms with E-state index < -0.39 is 29.5 Å². The Bertz CT molecular complexity index is 1670. The van der Waals surface area contributed by atoms with Crippen LogP contribution in [0.25, 0.3) is 5.57 Å². The molecule has 4 rings (SSSR count). The van der Waals surface area contributed by atoms with Crippen LogP contribution < -0.4 is 15.5 Å². The van der Waals surface area contributed by atoms with E-state index >= 15 is 0 Å². The van der Waals surface area contributed by atoms with E-state index in [2.05, 4.69) is 15.2 Å². The van der Waals surface area contributed by atoms with E-state index in [-0.39, 0.29) is 40.9 Å². The highest BCUT2D eigenvalue weighted by Crippen LogP contribution is 2.39. The van der Waals surface area contributed by atoms with Crippen LogP contribution in [0.2, 0.25) is 5.02 Å². The van der Waals surface area contributed by atoms with E-state index in [0.717, 1.165) is 17.4 Å². The number of aliphatic hydroxyl groups is 1. The second kappa shape index (κ2) is 12.5. The van der Waals surface area contributed by atoms with Gasteiger partial charge in [0.05, 0.1) is 34.7 Å². The normalized spacial score (nSPS) is 14.2. The number of amides is 1. The van der Waals surface area contributed by atoms with Crippen LogP contribution in [-0.4, -0.2) is 71.3 Å². The van der Waals surface area contributed by atoms with Crippen molar-refractivity contribution in [3.8, 4) is 5.88 Å². The molecule has 1 atom stereocenters. The van der Waals surface area contributed by atoms with Crippen molar-refractivity contribution in [2.45, 2.75) is 45.1 Å². The fraction of sp³-hybridized carbons (Fsp3) is 0.379. The molecular weight excluding hydrogens is 607 g/mol. The molecule has 3 aromatic rings. The number of carbonyl (C=O) groups is 1. The Morgan fingerprint density at radius 2 is 1.84 bits per heavy atom. The lowest BCUT2D eigenvalue weighted by atomic mass is 9.96. The monoisotopic (exact) mass is 637 g/mol. The Labute approximate surface area is 255 Å². The van der Waals surface area contributed by atoms with Gasteiger partial charge in [-0.05, 0) is 61.4 Å². The van der Waals surface area contributed by atoms with Crippen LogP contribution in [-0.2, 0) is 17.3 Å². The fourth-order valence-electron chi connectivity index (χ4n) is 4.40. The number of thiazole rings is 1. The molecule has 0 radical (unpaired) electrons. The van der Waals surface area contributed by atoms with Crippen LogP contribution in [0.1, 0.15) is 42.3 Å². The predicted octanol–water partition coefficient (Wildman–Crippen LogP) is 4.59. The highest BCUT2D eigenvalue weighted by Gasteiger charge is 2.34. The number of halogens is 4. The number of benzene rings is 2. The summed E-state index contributed by atoms with van der Waals surface area (Å²) in [5, 5.41) is 30.9. The number of aromatic nitrogens is 1. The first-order valence-corrected chi connectivity index (χ1v) is 14.3. The Balaban J connectivity index is 1.67.